The molecule has 3 aromatic rings. The molecular formula is C21H22N6OS. The molecule has 1 amide bonds. The first-order valence-corrected chi connectivity index (χ1v) is 10.6. The molecule has 29 heavy (non-hydrogen) atoms. The molecule has 2 aromatic heterocycles. The van der Waals surface area contributed by atoms with E-state index >= 15 is 0 Å². The number of rotatable bonds is 4. The first-order chi connectivity index (χ1) is 14.3. The second-order valence-corrected chi connectivity index (χ2v) is 8.06. The molecule has 0 atom stereocenters. The van der Waals surface area contributed by atoms with E-state index in [9.17, 15) is 4.79 Å². The number of piperazine rings is 1. The lowest BCUT2D eigenvalue weighted by molar-refractivity contribution is 0.102. The molecule has 0 spiro atoms. The second-order valence-electron chi connectivity index (χ2n) is 7.22. The first-order valence-electron chi connectivity index (χ1n) is 9.76. The number of anilines is 3. The lowest BCUT2D eigenvalue weighted by Crippen LogP contribution is -2.43. The fourth-order valence-corrected chi connectivity index (χ4v) is 4.64. The Hall–Kier alpha value is -2.97. The lowest BCUT2D eigenvalue weighted by atomic mass is 10.1. The van der Waals surface area contributed by atoms with Gasteiger partial charge in [-0.05, 0) is 17.2 Å². The predicted octanol–water partition coefficient (Wildman–Crippen LogP) is 2.72. The molecule has 1 aromatic carbocycles. The topological polar surface area (TPSA) is 73.4 Å². The second kappa shape index (κ2) is 7.81. The number of thiazole rings is 1. The van der Waals surface area contributed by atoms with Crippen molar-refractivity contribution in [2.45, 2.75) is 13.1 Å². The maximum absolute atomic E-state index is 12.9. The third-order valence-corrected chi connectivity index (χ3v) is 6.24. The number of benzene rings is 1. The maximum Gasteiger partial charge on any atom is 0.275 e. The molecule has 1 saturated heterocycles. The highest BCUT2D eigenvalue weighted by Crippen LogP contribution is 2.31. The van der Waals surface area contributed by atoms with Crippen LogP contribution in [0.3, 0.4) is 0 Å². The van der Waals surface area contributed by atoms with Crippen LogP contribution in [0, 0.1) is 0 Å². The molecular weight excluding hydrogens is 384 g/mol. The van der Waals surface area contributed by atoms with Crippen molar-refractivity contribution < 1.29 is 4.79 Å². The summed E-state index contributed by atoms with van der Waals surface area (Å²) in [5.74, 6) is -0.200. The number of nitrogens with zero attached hydrogens (tertiary/aromatic N) is 4. The number of amides is 1. The molecule has 2 N–H and O–H groups in total. The Labute approximate surface area is 173 Å². The molecule has 2 aliphatic rings. The van der Waals surface area contributed by atoms with Crippen molar-refractivity contribution in [3.05, 3.63) is 64.9 Å². The first kappa shape index (κ1) is 18.1. The van der Waals surface area contributed by atoms with Gasteiger partial charge in [0.1, 0.15) is 5.69 Å². The Morgan fingerprint density at radius 1 is 1.07 bits per heavy atom. The summed E-state index contributed by atoms with van der Waals surface area (Å²) in [6, 6.07) is 10.4. The zero-order valence-corrected chi connectivity index (χ0v) is 16.8. The van der Waals surface area contributed by atoms with Gasteiger partial charge in [-0.3, -0.25) is 9.78 Å². The standard InChI is InChI=1S/C21H22N6OS/c28-20(24-17-11-23-6-5-19(17)26-9-7-22-8-10-26)18-14-29-21(25-18)27-12-15-3-1-2-4-16(15)13-27/h1-6,11,14,22H,7-10,12-13H2,(H,24,28). The third kappa shape index (κ3) is 3.68. The van der Waals surface area contributed by atoms with Gasteiger partial charge in [-0.2, -0.15) is 0 Å². The van der Waals surface area contributed by atoms with Gasteiger partial charge in [-0.1, -0.05) is 24.3 Å². The van der Waals surface area contributed by atoms with Crippen LogP contribution in [0.4, 0.5) is 16.5 Å². The highest BCUT2D eigenvalue weighted by molar-refractivity contribution is 7.13. The summed E-state index contributed by atoms with van der Waals surface area (Å²) in [6.07, 6.45) is 3.47. The molecule has 0 saturated carbocycles. The van der Waals surface area contributed by atoms with E-state index in [0.29, 0.717) is 5.69 Å². The Balaban J connectivity index is 1.30. The van der Waals surface area contributed by atoms with Crippen LogP contribution in [0.5, 0.6) is 0 Å². The highest BCUT2D eigenvalue weighted by atomic mass is 32.1. The van der Waals surface area contributed by atoms with Crippen molar-refractivity contribution in [3.8, 4) is 0 Å². The molecule has 0 aliphatic carbocycles. The van der Waals surface area contributed by atoms with Crippen molar-refractivity contribution in [2.24, 2.45) is 0 Å². The van der Waals surface area contributed by atoms with Crippen LogP contribution in [0.1, 0.15) is 21.6 Å². The fourth-order valence-electron chi connectivity index (χ4n) is 3.83. The molecule has 2 aliphatic heterocycles. The summed E-state index contributed by atoms with van der Waals surface area (Å²) in [6.45, 7) is 5.35. The molecule has 148 valence electrons. The zero-order chi connectivity index (χ0) is 19.6. The van der Waals surface area contributed by atoms with E-state index in [0.717, 1.165) is 55.8 Å². The van der Waals surface area contributed by atoms with Crippen LogP contribution < -0.4 is 20.4 Å². The van der Waals surface area contributed by atoms with E-state index in [4.69, 9.17) is 0 Å². The van der Waals surface area contributed by atoms with Gasteiger partial charge >= 0.3 is 0 Å². The summed E-state index contributed by atoms with van der Waals surface area (Å²) in [5, 5.41) is 9.06. The van der Waals surface area contributed by atoms with E-state index in [2.05, 4.69) is 54.7 Å². The van der Waals surface area contributed by atoms with Crippen LogP contribution in [0.2, 0.25) is 0 Å². The zero-order valence-electron chi connectivity index (χ0n) is 16.0. The van der Waals surface area contributed by atoms with Gasteiger partial charge in [0.2, 0.25) is 0 Å². The average molecular weight is 407 g/mol. The molecule has 7 nitrogen and oxygen atoms in total. The van der Waals surface area contributed by atoms with Crippen LogP contribution >= 0.6 is 11.3 Å². The normalized spacial score (nSPS) is 16.0. The summed E-state index contributed by atoms with van der Waals surface area (Å²) < 4.78 is 0. The number of pyridine rings is 1. The Morgan fingerprint density at radius 2 is 1.83 bits per heavy atom. The molecule has 1 fully saturated rings. The molecule has 4 heterocycles. The van der Waals surface area contributed by atoms with Crippen LogP contribution in [0.15, 0.2) is 48.1 Å². The largest absolute Gasteiger partial charge is 0.367 e. The van der Waals surface area contributed by atoms with E-state index in [1.807, 2.05) is 11.4 Å². The van der Waals surface area contributed by atoms with Crippen molar-refractivity contribution in [2.75, 3.05) is 41.3 Å². The molecule has 0 unspecified atom stereocenters. The van der Waals surface area contributed by atoms with Crippen molar-refractivity contribution in [3.63, 3.8) is 0 Å². The van der Waals surface area contributed by atoms with E-state index in [-0.39, 0.29) is 5.91 Å². The minimum absolute atomic E-state index is 0.200. The summed E-state index contributed by atoms with van der Waals surface area (Å²) in [4.78, 5) is 26.1. The fraction of sp³-hybridized carbons (Fsp3) is 0.286. The Kier molecular flexibility index (Phi) is 4.87. The summed E-state index contributed by atoms with van der Waals surface area (Å²) in [7, 11) is 0. The van der Waals surface area contributed by atoms with E-state index < -0.39 is 0 Å². The van der Waals surface area contributed by atoms with Gasteiger partial charge < -0.3 is 20.4 Å². The van der Waals surface area contributed by atoms with Gasteiger partial charge in [-0.25, -0.2) is 4.98 Å². The number of carbonyl (C=O) groups is 1. The number of nitrogens with one attached hydrogen (secondary N) is 2. The van der Waals surface area contributed by atoms with Gasteiger partial charge in [0.15, 0.2) is 5.13 Å². The summed E-state index contributed by atoms with van der Waals surface area (Å²) >= 11 is 1.51. The number of hydrogen-bond acceptors (Lipinski definition) is 7. The minimum atomic E-state index is -0.200. The molecule has 0 bridgehead atoms. The Morgan fingerprint density at radius 3 is 2.59 bits per heavy atom. The quantitative estimate of drug-likeness (QED) is 0.694. The maximum atomic E-state index is 12.9. The SMILES string of the molecule is O=C(Nc1cnccc1N1CCNCC1)c1csc(N2Cc3ccccc3C2)n1. The number of fused-ring (bicyclic) bond motifs is 1. The number of hydrogen-bond donors (Lipinski definition) is 2. The van der Waals surface area contributed by atoms with E-state index in [1.165, 1.54) is 22.5 Å². The number of carbonyl (C=O) groups excluding carboxylic acids is 1. The molecule has 0 radical (unpaired) electrons. The van der Waals surface area contributed by atoms with E-state index in [1.54, 1.807) is 12.4 Å². The van der Waals surface area contributed by atoms with Crippen LogP contribution in [-0.4, -0.2) is 42.1 Å². The van der Waals surface area contributed by atoms with Gasteiger partial charge in [0, 0.05) is 50.8 Å². The monoisotopic (exact) mass is 406 g/mol. The van der Waals surface area contributed by atoms with Crippen LogP contribution in [0.25, 0.3) is 0 Å². The molecule has 8 heteroatoms. The van der Waals surface area contributed by atoms with Crippen molar-refractivity contribution in [1.82, 2.24) is 15.3 Å². The van der Waals surface area contributed by atoms with Crippen molar-refractivity contribution in [1.29, 1.82) is 0 Å². The van der Waals surface area contributed by atoms with Gasteiger partial charge in [-0.15, -0.1) is 11.3 Å². The average Bonchev–Trinajstić information content (AvgIpc) is 3.42. The number of aromatic nitrogens is 2. The predicted molar refractivity (Wildman–Crippen MR) is 116 cm³/mol. The van der Waals surface area contributed by atoms with Gasteiger partial charge in [0.25, 0.3) is 5.91 Å². The van der Waals surface area contributed by atoms with Crippen molar-refractivity contribution >= 4 is 33.8 Å². The lowest BCUT2D eigenvalue weighted by Gasteiger charge is -2.30. The molecule has 5 rings (SSSR count). The Bertz CT molecular complexity index is 1000. The van der Waals surface area contributed by atoms with Gasteiger partial charge in [0.05, 0.1) is 17.6 Å². The smallest absolute Gasteiger partial charge is 0.275 e. The summed E-state index contributed by atoms with van der Waals surface area (Å²) in [5.41, 5.74) is 4.81. The highest BCUT2D eigenvalue weighted by Gasteiger charge is 2.23. The van der Waals surface area contributed by atoms with Crippen LogP contribution in [-0.2, 0) is 13.1 Å². The minimum Gasteiger partial charge on any atom is -0.367 e. The third-order valence-electron chi connectivity index (χ3n) is 5.34.